The molecule has 2 rings (SSSR count). The van der Waals surface area contributed by atoms with Crippen LogP contribution in [0.4, 0.5) is 0 Å². The number of hydrogen-bond acceptors (Lipinski definition) is 3. The van der Waals surface area contributed by atoms with Crippen LogP contribution in [0.25, 0.3) is 0 Å². The average Bonchev–Trinajstić information content (AvgIpc) is 3.03. The molecular formula is C11H13BrN2O2. The molecule has 1 heterocycles. The highest BCUT2D eigenvalue weighted by molar-refractivity contribution is 9.10. The van der Waals surface area contributed by atoms with Crippen LogP contribution < -0.4 is 4.74 Å². The predicted molar refractivity (Wildman–Crippen MR) is 63.6 cm³/mol. The van der Waals surface area contributed by atoms with Gasteiger partial charge in [0.1, 0.15) is 0 Å². The zero-order valence-electron chi connectivity index (χ0n) is 9.24. The van der Waals surface area contributed by atoms with Crippen molar-refractivity contribution in [1.82, 2.24) is 9.88 Å². The van der Waals surface area contributed by atoms with E-state index in [0.717, 1.165) is 17.3 Å². The number of carbonyl (C=O) groups is 1. The molecule has 0 bridgehead atoms. The van der Waals surface area contributed by atoms with E-state index in [1.807, 2.05) is 0 Å². The summed E-state index contributed by atoms with van der Waals surface area (Å²) < 4.78 is 6.48. The van der Waals surface area contributed by atoms with E-state index < -0.39 is 0 Å². The molecule has 1 amide bonds. The zero-order chi connectivity index (χ0) is 11.7. The molecule has 0 unspecified atom stereocenters. The van der Waals surface area contributed by atoms with Gasteiger partial charge in [-0.3, -0.25) is 4.79 Å². The van der Waals surface area contributed by atoms with Gasteiger partial charge in [-0.25, -0.2) is 4.98 Å². The Morgan fingerprint density at radius 2 is 2.25 bits per heavy atom. The summed E-state index contributed by atoms with van der Waals surface area (Å²) >= 11 is 3.39. The molecule has 4 nitrogen and oxygen atoms in total. The third-order valence-corrected chi connectivity index (χ3v) is 2.90. The highest BCUT2D eigenvalue weighted by atomic mass is 79.9. The van der Waals surface area contributed by atoms with E-state index in [9.17, 15) is 4.79 Å². The highest BCUT2D eigenvalue weighted by Crippen LogP contribution is 2.34. The first kappa shape index (κ1) is 11.4. The van der Waals surface area contributed by atoms with Crippen molar-refractivity contribution in [3.63, 3.8) is 0 Å². The topological polar surface area (TPSA) is 42.4 Å². The summed E-state index contributed by atoms with van der Waals surface area (Å²) in [5.74, 6) is 0.417. The second-order valence-corrected chi connectivity index (χ2v) is 4.84. The molecule has 0 aromatic carbocycles. The number of amides is 1. The number of rotatable bonds is 3. The minimum Gasteiger partial charge on any atom is -0.487 e. The van der Waals surface area contributed by atoms with Gasteiger partial charge in [-0.1, -0.05) is 0 Å². The lowest BCUT2D eigenvalue weighted by Crippen LogP contribution is -2.23. The second kappa shape index (κ2) is 4.41. The number of aromatic nitrogens is 1. The van der Waals surface area contributed by atoms with Crippen LogP contribution >= 0.6 is 15.9 Å². The number of hydrogen-bond donors (Lipinski definition) is 0. The Labute approximate surface area is 103 Å². The predicted octanol–water partition coefficient (Wildman–Crippen LogP) is 2.09. The lowest BCUT2D eigenvalue weighted by molar-refractivity contribution is 0.0816. The van der Waals surface area contributed by atoms with Crippen LogP contribution in [0.5, 0.6) is 5.75 Å². The average molecular weight is 285 g/mol. The van der Waals surface area contributed by atoms with Crippen molar-refractivity contribution in [2.45, 2.75) is 18.9 Å². The summed E-state index contributed by atoms with van der Waals surface area (Å²) in [5.41, 5.74) is 0.367. The fourth-order valence-electron chi connectivity index (χ4n) is 1.25. The molecule has 0 N–H and O–H groups in total. The summed E-state index contributed by atoms with van der Waals surface area (Å²) in [6.07, 6.45) is 3.95. The summed E-state index contributed by atoms with van der Waals surface area (Å²) in [6.45, 7) is 0. The lowest BCUT2D eigenvalue weighted by atomic mass is 10.3. The van der Waals surface area contributed by atoms with E-state index in [1.165, 1.54) is 4.90 Å². The molecule has 1 aromatic rings. The van der Waals surface area contributed by atoms with Crippen LogP contribution in [0.1, 0.15) is 23.3 Å². The number of nitrogens with zero attached hydrogens (tertiary/aromatic N) is 2. The van der Waals surface area contributed by atoms with Gasteiger partial charge in [0, 0.05) is 20.3 Å². The van der Waals surface area contributed by atoms with Crippen LogP contribution in [0, 0.1) is 0 Å². The molecule has 1 aliphatic carbocycles. The lowest BCUT2D eigenvalue weighted by Gasteiger charge is -2.14. The number of ether oxygens (including phenoxy) is 1. The maximum absolute atomic E-state index is 11.9. The molecule has 0 atom stereocenters. The third-order valence-electron chi connectivity index (χ3n) is 2.27. The normalized spacial score (nSPS) is 14.7. The van der Waals surface area contributed by atoms with Gasteiger partial charge in [0.25, 0.3) is 5.91 Å². The molecule has 0 spiro atoms. The van der Waals surface area contributed by atoms with E-state index in [0.29, 0.717) is 11.4 Å². The van der Waals surface area contributed by atoms with Gasteiger partial charge in [-0.2, -0.15) is 0 Å². The standard InChI is InChI=1S/C11H13BrN2O2/c1-14(2)11(15)9-10(16-7-3-4-7)8(12)5-6-13-9/h5-7H,3-4H2,1-2H3. The Morgan fingerprint density at radius 1 is 1.56 bits per heavy atom. The Balaban J connectivity index is 2.34. The van der Waals surface area contributed by atoms with Gasteiger partial charge in [-0.05, 0) is 34.8 Å². The van der Waals surface area contributed by atoms with Crippen molar-refractivity contribution in [3.8, 4) is 5.75 Å². The molecule has 1 aromatic heterocycles. The monoisotopic (exact) mass is 284 g/mol. The maximum Gasteiger partial charge on any atom is 0.275 e. The molecular weight excluding hydrogens is 272 g/mol. The molecule has 16 heavy (non-hydrogen) atoms. The first-order valence-corrected chi connectivity index (χ1v) is 5.91. The molecule has 86 valence electrons. The SMILES string of the molecule is CN(C)C(=O)c1nccc(Br)c1OC1CC1. The van der Waals surface area contributed by atoms with Gasteiger partial charge in [0.15, 0.2) is 11.4 Å². The fourth-order valence-corrected chi connectivity index (χ4v) is 1.65. The largest absolute Gasteiger partial charge is 0.487 e. The summed E-state index contributed by atoms with van der Waals surface area (Å²) in [4.78, 5) is 17.5. The second-order valence-electron chi connectivity index (χ2n) is 3.99. The number of carbonyl (C=O) groups excluding carboxylic acids is 1. The van der Waals surface area contributed by atoms with E-state index in [1.54, 1.807) is 26.4 Å². The Kier molecular flexibility index (Phi) is 3.14. The fraction of sp³-hybridized carbons (Fsp3) is 0.455. The Bertz CT molecular complexity index is 416. The van der Waals surface area contributed by atoms with Gasteiger partial charge in [0.05, 0.1) is 10.6 Å². The van der Waals surface area contributed by atoms with Crippen LogP contribution in [0.15, 0.2) is 16.7 Å². The molecule has 0 saturated heterocycles. The zero-order valence-corrected chi connectivity index (χ0v) is 10.8. The first-order chi connectivity index (χ1) is 7.59. The molecule has 0 radical (unpaired) electrons. The van der Waals surface area contributed by atoms with Crippen LogP contribution in [-0.2, 0) is 0 Å². The number of halogens is 1. The summed E-state index contributed by atoms with van der Waals surface area (Å²) in [6, 6.07) is 1.78. The third kappa shape index (κ3) is 2.35. The van der Waals surface area contributed by atoms with E-state index in [2.05, 4.69) is 20.9 Å². The first-order valence-electron chi connectivity index (χ1n) is 5.12. The van der Waals surface area contributed by atoms with Crippen molar-refractivity contribution < 1.29 is 9.53 Å². The molecule has 1 fully saturated rings. The maximum atomic E-state index is 11.9. The van der Waals surface area contributed by atoms with Gasteiger partial charge >= 0.3 is 0 Å². The summed E-state index contributed by atoms with van der Waals surface area (Å²) in [5, 5.41) is 0. The van der Waals surface area contributed by atoms with Crippen LogP contribution in [0.2, 0.25) is 0 Å². The van der Waals surface area contributed by atoms with Crippen molar-refractivity contribution in [2.75, 3.05) is 14.1 Å². The minimum atomic E-state index is -0.142. The number of pyridine rings is 1. The van der Waals surface area contributed by atoms with Crippen LogP contribution in [0.3, 0.4) is 0 Å². The van der Waals surface area contributed by atoms with Gasteiger partial charge in [-0.15, -0.1) is 0 Å². The Morgan fingerprint density at radius 3 is 2.81 bits per heavy atom. The van der Waals surface area contributed by atoms with Crippen molar-refractivity contribution in [1.29, 1.82) is 0 Å². The summed E-state index contributed by atoms with van der Waals surface area (Å²) in [7, 11) is 3.40. The highest BCUT2D eigenvalue weighted by Gasteiger charge is 2.28. The van der Waals surface area contributed by atoms with Crippen molar-refractivity contribution in [2.24, 2.45) is 0 Å². The van der Waals surface area contributed by atoms with Gasteiger partial charge in [0.2, 0.25) is 0 Å². The van der Waals surface area contributed by atoms with Crippen LogP contribution in [-0.4, -0.2) is 36.0 Å². The van der Waals surface area contributed by atoms with Crippen molar-refractivity contribution >= 4 is 21.8 Å². The smallest absolute Gasteiger partial charge is 0.275 e. The molecule has 1 aliphatic rings. The van der Waals surface area contributed by atoms with E-state index in [-0.39, 0.29) is 12.0 Å². The minimum absolute atomic E-state index is 0.142. The van der Waals surface area contributed by atoms with E-state index in [4.69, 9.17) is 4.74 Å². The molecule has 1 saturated carbocycles. The van der Waals surface area contributed by atoms with Gasteiger partial charge < -0.3 is 9.64 Å². The molecule has 5 heteroatoms. The van der Waals surface area contributed by atoms with E-state index >= 15 is 0 Å². The quantitative estimate of drug-likeness (QED) is 0.854. The molecule has 0 aliphatic heterocycles. The Hall–Kier alpha value is -1.10. The van der Waals surface area contributed by atoms with Crippen molar-refractivity contribution in [3.05, 3.63) is 22.4 Å².